The number of methoxy groups -OCH3 is 1. The number of terminal acetylenes is 1. The van der Waals surface area contributed by atoms with Crippen LogP contribution in [0.1, 0.15) is 12.5 Å². The molecular formula is C16H16O3. The molecule has 98 valence electrons. The Hall–Kier alpha value is -2.60. The van der Waals surface area contributed by atoms with E-state index in [0.717, 1.165) is 11.3 Å². The van der Waals surface area contributed by atoms with Gasteiger partial charge >= 0.3 is 0 Å². The molecular weight excluding hydrogens is 240 g/mol. The maximum absolute atomic E-state index is 9.67. The lowest BCUT2D eigenvalue weighted by Crippen LogP contribution is -1.90. The van der Waals surface area contributed by atoms with Crippen molar-refractivity contribution in [1.82, 2.24) is 0 Å². The van der Waals surface area contributed by atoms with Gasteiger partial charge in [0.25, 0.3) is 0 Å². The number of hydrogen-bond donors (Lipinski definition) is 2. The van der Waals surface area contributed by atoms with E-state index in [4.69, 9.17) is 11.2 Å². The Morgan fingerprint density at radius 2 is 1.89 bits per heavy atom. The first-order valence-electron chi connectivity index (χ1n) is 5.66. The summed E-state index contributed by atoms with van der Waals surface area (Å²) >= 11 is 0. The van der Waals surface area contributed by atoms with Gasteiger partial charge in [-0.3, -0.25) is 0 Å². The van der Waals surface area contributed by atoms with Gasteiger partial charge in [-0.15, -0.1) is 6.42 Å². The smallest absolute Gasteiger partial charge is 0.160 e. The summed E-state index contributed by atoms with van der Waals surface area (Å²) in [6, 6.07) is 7.40. The van der Waals surface area contributed by atoms with Crippen molar-refractivity contribution >= 4 is 6.08 Å². The molecule has 0 bridgehead atoms. The zero-order valence-corrected chi connectivity index (χ0v) is 10.9. The minimum Gasteiger partial charge on any atom is -0.509 e. The molecule has 0 unspecified atom stereocenters. The second-order valence-corrected chi connectivity index (χ2v) is 3.81. The monoisotopic (exact) mass is 256 g/mol. The predicted octanol–water partition coefficient (Wildman–Crippen LogP) is 3.62. The Bertz CT molecular complexity index is 551. The first kappa shape index (κ1) is 14.5. The van der Waals surface area contributed by atoms with Crippen LogP contribution in [0.15, 0.2) is 53.5 Å². The summed E-state index contributed by atoms with van der Waals surface area (Å²) in [5.74, 6) is 2.68. The van der Waals surface area contributed by atoms with Gasteiger partial charge < -0.3 is 14.9 Å². The van der Waals surface area contributed by atoms with Crippen LogP contribution in [0.25, 0.3) is 6.08 Å². The number of aliphatic hydroxyl groups excluding tert-OH is 2. The van der Waals surface area contributed by atoms with Crippen LogP contribution in [0.4, 0.5) is 0 Å². The standard InChI is InChI=1S/C16H16O3/c1-4-5-14(16(18)12(2)17)9-6-13-7-10-15(19-3)11-8-13/h1,5-11,17-18H,2-3H3/b9-6+,14-5-,16-12-. The highest BCUT2D eigenvalue weighted by Crippen LogP contribution is 2.16. The summed E-state index contributed by atoms with van der Waals surface area (Å²) < 4.78 is 5.06. The molecule has 1 aromatic carbocycles. The zero-order chi connectivity index (χ0) is 14.3. The fourth-order valence-electron chi connectivity index (χ4n) is 1.40. The molecule has 0 fully saturated rings. The van der Waals surface area contributed by atoms with Crippen molar-refractivity contribution in [1.29, 1.82) is 0 Å². The largest absolute Gasteiger partial charge is 0.509 e. The van der Waals surface area contributed by atoms with E-state index in [1.165, 1.54) is 13.0 Å². The molecule has 0 spiro atoms. The van der Waals surface area contributed by atoms with Gasteiger partial charge in [-0.25, -0.2) is 0 Å². The van der Waals surface area contributed by atoms with E-state index < -0.39 is 0 Å². The molecule has 0 aliphatic carbocycles. The number of rotatable bonds is 4. The zero-order valence-electron chi connectivity index (χ0n) is 10.9. The van der Waals surface area contributed by atoms with Crippen LogP contribution in [0.5, 0.6) is 5.75 Å². The van der Waals surface area contributed by atoms with Gasteiger partial charge in [0.2, 0.25) is 0 Å². The van der Waals surface area contributed by atoms with Crippen LogP contribution in [-0.2, 0) is 0 Å². The normalized spacial score (nSPS) is 13.0. The molecule has 19 heavy (non-hydrogen) atoms. The van der Waals surface area contributed by atoms with Crippen molar-refractivity contribution in [3.8, 4) is 18.1 Å². The summed E-state index contributed by atoms with van der Waals surface area (Å²) in [6.07, 6.45) is 9.98. The van der Waals surface area contributed by atoms with E-state index in [9.17, 15) is 10.2 Å². The fraction of sp³-hybridized carbons (Fsp3) is 0.125. The molecule has 0 amide bonds. The van der Waals surface area contributed by atoms with E-state index in [-0.39, 0.29) is 11.5 Å². The number of ether oxygens (including phenoxy) is 1. The van der Waals surface area contributed by atoms with Gasteiger partial charge in [0, 0.05) is 5.57 Å². The molecule has 0 atom stereocenters. The second-order valence-electron chi connectivity index (χ2n) is 3.81. The first-order chi connectivity index (χ1) is 9.08. The maximum atomic E-state index is 9.67. The molecule has 3 heteroatoms. The second kappa shape index (κ2) is 6.97. The van der Waals surface area contributed by atoms with Crippen LogP contribution >= 0.6 is 0 Å². The summed E-state index contributed by atoms with van der Waals surface area (Å²) in [5, 5.41) is 18.9. The third kappa shape index (κ3) is 4.29. The number of benzene rings is 1. The molecule has 0 saturated heterocycles. The molecule has 0 aliphatic heterocycles. The fourth-order valence-corrected chi connectivity index (χ4v) is 1.40. The number of aliphatic hydroxyl groups is 2. The Balaban J connectivity index is 2.97. The third-order valence-electron chi connectivity index (χ3n) is 2.43. The summed E-state index contributed by atoms with van der Waals surface area (Å²) in [5.41, 5.74) is 1.30. The number of allylic oxidation sites excluding steroid dienone is 3. The maximum Gasteiger partial charge on any atom is 0.160 e. The summed E-state index contributed by atoms with van der Waals surface area (Å²) in [7, 11) is 1.60. The minimum atomic E-state index is -0.234. The predicted molar refractivity (Wildman–Crippen MR) is 76.9 cm³/mol. The average molecular weight is 256 g/mol. The van der Waals surface area contributed by atoms with Crippen LogP contribution in [0.3, 0.4) is 0 Å². The molecule has 0 radical (unpaired) electrons. The highest BCUT2D eigenvalue weighted by molar-refractivity contribution is 5.57. The van der Waals surface area contributed by atoms with E-state index in [1.807, 2.05) is 24.3 Å². The van der Waals surface area contributed by atoms with Crippen molar-refractivity contribution < 1.29 is 14.9 Å². The molecule has 1 rings (SSSR count). The van der Waals surface area contributed by atoms with Gasteiger partial charge in [-0.05, 0) is 36.8 Å². The van der Waals surface area contributed by atoms with Crippen LogP contribution < -0.4 is 4.74 Å². The van der Waals surface area contributed by atoms with Crippen molar-refractivity contribution in [2.24, 2.45) is 0 Å². The quantitative estimate of drug-likeness (QED) is 0.491. The van der Waals surface area contributed by atoms with E-state index in [1.54, 1.807) is 19.3 Å². The van der Waals surface area contributed by atoms with Crippen molar-refractivity contribution in [2.45, 2.75) is 6.92 Å². The molecule has 0 aromatic heterocycles. The lowest BCUT2D eigenvalue weighted by molar-refractivity contribution is 0.336. The molecule has 3 nitrogen and oxygen atoms in total. The Labute approximate surface area is 113 Å². The van der Waals surface area contributed by atoms with E-state index in [2.05, 4.69) is 5.92 Å². The lowest BCUT2D eigenvalue weighted by Gasteiger charge is -2.02. The Morgan fingerprint density at radius 1 is 1.26 bits per heavy atom. The van der Waals surface area contributed by atoms with Gasteiger partial charge in [0.15, 0.2) is 5.76 Å². The van der Waals surface area contributed by atoms with Gasteiger partial charge in [-0.1, -0.05) is 24.1 Å². The summed E-state index contributed by atoms with van der Waals surface area (Å²) in [4.78, 5) is 0. The Kier molecular flexibility index (Phi) is 5.31. The summed E-state index contributed by atoms with van der Waals surface area (Å²) in [6.45, 7) is 1.39. The SMILES string of the molecule is C#C/C=C(/C=C/c1ccc(OC)cc1)C(\O)=C(/C)O. The molecule has 0 aliphatic rings. The lowest BCUT2D eigenvalue weighted by atomic mass is 10.1. The van der Waals surface area contributed by atoms with Gasteiger partial charge in [0.1, 0.15) is 11.5 Å². The number of hydrogen-bond acceptors (Lipinski definition) is 3. The third-order valence-corrected chi connectivity index (χ3v) is 2.43. The van der Waals surface area contributed by atoms with Crippen molar-refractivity contribution in [2.75, 3.05) is 7.11 Å². The highest BCUT2D eigenvalue weighted by atomic mass is 16.5. The molecule has 2 N–H and O–H groups in total. The van der Waals surface area contributed by atoms with Crippen molar-refractivity contribution in [3.63, 3.8) is 0 Å². The highest BCUT2D eigenvalue weighted by Gasteiger charge is 2.02. The topological polar surface area (TPSA) is 49.7 Å². The first-order valence-corrected chi connectivity index (χ1v) is 5.66. The average Bonchev–Trinajstić information content (AvgIpc) is 2.43. The van der Waals surface area contributed by atoms with Gasteiger partial charge in [0.05, 0.1) is 7.11 Å². The van der Waals surface area contributed by atoms with Crippen molar-refractivity contribution in [3.05, 3.63) is 59.1 Å². The molecule has 0 saturated carbocycles. The molecule has 0 heterocycles. The molecule has 1 aromatic rings. The Morgan fingerprint density at radius 3 is 2.37 bits per heavy atom. The van der Waals surface area contributed by atoms with Gasteiger partial charge in [-0.2, -0.15) is 0 Å². The van der Waals surface area contributed by atoms with E-state index >= 15 is 0 Å². The van der Waals surface area contributed by atoms with Crippen LogP contribution in [-0.4, -0.2) is 17.3 Å². The minimum absolute atomic E-state index is 0.180. The van der Waals surface area contributed by atoms with Crippen LogP contribution in [0, 0.1) is 12.3 Å². The van der Waals surface area contributed by atoms with E-state index in [0.29, 0.717) is 5.57 Å². The van der Waals surface area contributed by atoms with Crippen LogP contribution in [0.2, 0.25) is 0 Å².